The number of nitrogens with zero attached hydrogens (tertiary/aromatic N) is 1. The maximum atomic E-state index is 12.4. The second-order valence-electron chi connectivity index (χ2n) is 8.63. The Balaban J connectivity index is 1.26. The van der Waals surface area contributed by atoms with Gasteiger partial charge in [-0.15, -0.1) is 13.2 Å². The van der Waals surface area contributed by atoms with Crippen LogP contribution in [0.1, 0.15) is 27.9 Å². The lowest BCUT2D eigenvalue weighted by Crippen LogP contribution is -2.43. The highest BCUT2D eigenvalue weighted by atomic mass is 19.4. The van der Waals surface area contributed by atoms with Crippen LogP contribution in [0.25, 0.3) is 10.9 Å². The number of carbonyl (C=O) groups is 2. The fourth-order valence-corrected chi connectivity index (χ4v) is 4.23. The molecular formula is C24H26F3N5O3. The van der Waals surface area contributed by atoms with E-state index in [1.165, 1.54) is 16.5 Å². The quantitative estimate of drug-likeness (QED) is 0.381. The minimum Gasteiger partial charge on any atom is -0.406 e. The van der Waals surface area contributed by atoms with Crippen LogP contribution in [-0.4, -0.2) is 53.7 Å². The van der Waals surface area contributed by atoms with Gasteiger partial charge in [-0.2, -0.15) is 0 Å². The number of anilines is 1. The lowest BCUT2D eigenvalue weighted by Gasteiger charge is -2.17. The van der Waals surface area contributed by atoms with Crippen LogP contribution in [0.4, 0.5) is 18.9 Å². The molecule has 1 unspecified atom stereocenters. The molecule has 5 N–H and O–H groups in total. The molecule has 0 radical (unpaired) electrons. The smallest absolute Gasteiger partial charge is 0.406 e. The molecule has 1 atom stereocenters. The van der Waals surface area contributed by atoms with E-state index in [-0.39, 0.29) is 23.8 Å². The van der Waals surface area contributed by atoms with Gasteiger partial charge in [0.2, 0.25) is 5.91 Å². The topological polar surface area (TPSA) is 112 Å². The van der Waals surface area contributed by atoms with Crippen LogP contribution in [-0.2, 0) is 11.3 Å². The summed E-state index contributed by atoms with van der Waals surface area (Å²) in [5, 5.41) is 6.46. The number of aryl methyl sites for hydroxylation is 1. The number of likely N-dealkylation sites (tertiary alicyclic amines) is 1. The first-order valence-electron chi connectivity index (χ1n) is 11.1. The van der Waals surface area contributed by atoms with Crippen molar-refractivity contribution in [1.82, 2.24) is 20.5 Å². The highest BCUT2D eigenvalue weighted by Crippen LogP contribution is 2.26. The van der Waals surface area contributed by atoms with Crippen LogP contribution in [0.2, 0.25) is 0 Å². The lowest BCUT2D eigenvalue weighted by atomic mass is 10.1. The molecule has 1 saturated heterocycles. The Morgan fingerprint density at radius 3 is 2.80 bits per heavy atom. The van der Waals surface area contributed by atoms with E-state index in [9.17, 15) is 22.8 Å². The van der Waals surface area contributed by atoms with E-state index in [2.05, 4.69) is 43.5 Å². The molecule has 0 saturated carbocycles. The van der Waals surface area contributed by atoms with Crippen molar-refractivity contribution in [3.63, 3.8) is 0 Å². The summed E-state index contributed by atoms with van der Waals surface area (Å²) in [6, 6.07) is 9.25. The second-order valence-corrected chi connectivity index (χ2v) is 8.63. The highest BCUT2D eigenvalue weighted by Gasteiger charge is 2.31. The zero-order valence-corrected chi connectivity index (χ0v) is 19.0. The number of fused-ring (bicyclic) bond motifs is 1. The summed E-state index contributed by atoms with van der Waals surface area (Å²) < 4.78 is 41.1. The minimum atomic E-state index is -4.90. The van der Waals surface area contributed by atoms with Crippen LogP contribution >= 0.6 is 0 Å². The summed E-state index contributed by atoms with van der Waals surface area (Å²) in [4.78, 5) is 30.3. The molecular weight excluding hydrogens is 463 g/mol. The molecule has 1 aliphatic heterocycles. The monoisotopic (exact) mass is 489 g/mol. The number of hydrogen-bond acceptors (Lipinski definition) is 5. The summed E-state index contributed by atoms with van der Waals surface area (Å²) in [6.07, 6.45) is -2.12. The fraction of sp³-hybridized carbons (Fsp3) is 0.333. The van der Waals surface area contributed by atoms with Gasteiger partial charge in [-0.1, -0.05) is 12.1 Å². The number of ether oxygens (including phenoxy) is 1. The molecule has 8 nitrogen and oxygen atoms in total. The summed E-state index contributed by atoms with van der Waals surface area (Å²) >= 11 is 0. The molecule has 1 aliphatic rings. The summed E-state index contributed by atoms with van der Waals surface area (Å²) in [5.41, 5.74) is 8.93. The van der Waals surface area contributed by atoms with Gasteiger partial charge in [-0.3, -0.25) is 14.5 Å². The molecule has 0 bridgehead atoms. The number of nitrogens with two attached hydrogens (primary N) is 1. The van der Waals surface area contributed by atoms with Crippen molar-refractivity contribution in [3.05, 3.63) is 59.3 Å². The molecule has 0 aliphatic carbocycles. The number of rotatable bonds is 7. The van der Waals surface area contributed by atoms with E-state index in [0.29, 0.717) is 6.54 Å². The van der Waals surface area contributed by atoms with Gasteiger partial charge in [0.15, 0.2) is 0 Å². The number of benzene rings is 2. The van der Waals surface area contributed by atoms with Gasteiger partial charge in [0, 0.05) is 48.5 Å². The fourth-order valence-electron chi connectivity index (χ4n) is 4.23. The van der Waals surface area contributed by atoms with Crippen molar-refractivity contribution in [1.29, 1.82) is 0 Å². The van der Waals surface area contributed by atoms with Gasteiger partial charge in [0.25, 0.3) is 5.91 Å². The predicted molar refractivity (Wildman–Crippen MR) is 125 cm³/mol. The number of nitrogen functional groups attached to an aromatic ring is 1. The third-order valence-electron chi connectivity index (χ3n) is 5.87. The normalized spacial score (nSPS) is 16.4. The SMILES string of the molecule is Cc1ccc2c(CN3CCC(NC(=O)CNC(=O)c4cc(OC(F)(F)F)ccc4N)C3)c[nH]c2c1. The number of amides is 2. The first-order valence-corrected chi connectivity index (χ1v) is 11.1. The molecule has 1 fully saturated rings. The number of alkyl halides is 3. The van der Waals surface area contributed by atoms with Crippen LogP contribution in [0.3, 0.4) is 0 Å². The Morgan fingerprint density at radius 1 is 1.23 bits per heavy atom. The molecule has 3 aromatic rings. The third-order valence-corrected chi connectivity index (χ3v) is 5.87. The van der Waals surface area contributed by atoms with Crippen molar-refractivity contribution in [2.45, 2.75) is 32.3 Å². The standard InChI is InChI=1S/C24H26F3N5O3/c1-14-2-4-18-15(10-29-21(18)8-14)12-32-7-6-16(13-32)31-22(33)11-30-23(34)19-9-17(3-5-20(19)28)35-24(25,26)27/h2-5,8-10,16,29H,6-7,11-13,28H2,1H3,(H,30,34)(H,31,33). The first kappa shape index (κ1) is 24.4. The van der Waals surface area contributed by atoms with E-state index < -0.39 is 23.9 Å². The average Bonchev–Trinajstić information content (AvgIpc) is 3.39. The number of halogens is 3. The molecule has 35 heavy (non-hydrogen) atoms. The average molecular weight is 489 g/mol. The van der Waals surface area contributed by atoms with E-state index in [0.717, 1.165) is 43.2 Å². The molecule has 2 aromatic carbocycles. The van der Waals surface area contributed by atoms with Crippen molar-refractivity contribution in [2.24, 2.45) is 0 Å². The van der Waals surface area contributed by atoms with Crippen LogP contribution in [0.5, 0.6) is 5.75 Å². The van der Waals surface area contributed by atoms with Crippen molar-refractivity contribution in [2.75, 3.05) is 25.4 Å². The maximum absolute atomic E-state index is 12.4. The zero-order valence-electron chi connectivity index (χ0n) is 19.0. The van der Waals surface area contributed by atoms with E-state index in [4.69, 9.17) is 5.73 Å². The highest BCUT2D eigenvalue weighted by molar-refractivity contribution is 6.01. The minimum absolute atomic E-state index is 0.0312. The summed E-state index contributed by atoms with van der Waals surface area (Å²) in [7, 11) is 0. The van der Waals surface area contributed by atoms with E-state index >= 15 is 0 Å². The van der Waals surface area contributed by atoms with Crippen LogP contribution in [0.15, 0.2) is 42.6 Å². The van der Waals surface area contributed by atoms with Crippen molar-refractivity contribution in [3.8, 4) is 5.75 Å². The number of H-pyrrole nitrogens is 1. The Bertz CT molecular complexity index is 1240. The van der Waals surface area contributed by atoms with Gasteiger partial charge in [0.1, 0.15) is 5.75 Å². The molecule has 186 valence electrons. The molecule has 4 rings (SSSR count). The predicted octanol–water partition coefficient (Wildman–Crippen LogP) is 3.08. The Hall–Kier alpha value is -3.73. The van der Waals surface area contributed by atoms with Gasteiger partial charge in [-0.05, 0) is 48.7 Å². The van der Waals surface area contributed by atoms with Crippen molar-refractivity contribution >= 4 is 28.4 Å². The number of aromatic amines is 1. The number of carbonyl (C=O) groups excluding carboxylic acids is 2. The van der Waals surface area contributed by atoms with E-state index in [1.807, 2.05) is 13.1 Å². The Kier molecular flexibility index (Phi) is 6.88. The molecule has 2 heterocycles. The Labute approximate surface area is 199 Å². The lowest BCUT2D eigenvalue weighted by molar-refractivity contribution is -0.274. The third kappa shape index (κ3) is 6.24. The maximum Gasteiger partial charge on any atom is 0.573 e. The Morgan fingerprint density at radius 2 is 2.03 bits per heavy atom. The summed E-state index contributed by atoms with van der Waals surface area (Å²) in [5.74, 6) is -1.74. The molecule has 1 aromatic heterocycles. The second kappa shape index (κ2) is 9.87. The summed E-state index contributed by atoms with van der Waals surface area (Å²) in [6.45, 7) is 3.95. The first-order chi connectivity index (χ1) is 16.6. The van der Waals surface area contributed by atoms with Gasteiger partial charge in [0.05, 0.1) is 12.1 Å². The van der Waals surface area contributed by atoms with E-state index in [1.54, 1.807) is 0 Å². The van der Waals surface area contributed by atoms with Crippen molar-refractivity contribution < 1.29 is 27.5 Å². The molecule has 0 spiro atoms. The number of aromatic nitrogens is 1. The van der Waals surface area contributed by atoms with Crippen LogP contribution in [0, 0.1) is 6.92 Å². The van der Waals surface area contributed by atoms with Gasteiger partial charge in [-0.25, -0.2) is 0 Å². The van der Waals surface area contributed by atoms with Crippen LogP contribution < -0.4 is 21.1 Å². The molecule has 11 heteroatoms. The number of hydrogen-bond donors (Lipinski definition) is 4. The van der Waals surface area contributed by atoms with Gasteiger partial charge >= 0.3 is 6.36 Å². The molecule has 2 amide bonds. The van der Waals surface area contributed by atoms with Gasteiger partial charge < -0.3 is 26.1 Å². The zero-order chi connectivity index (χ0) is 25.2. The number of nitrogens with one attached hydrogen (secondary N) is 3. The largest absolute Gasteiger partial charge is 0.573 e.